The van der Waals surface area contributed by atoms with Gasteiger partial charge in [-0.3, -0.25) is 0 Å². The zero-order valence-corrected chi connectivity index (χ0v) is 10.7. The Bertz CT molecular complexity index is 124. The third-order valence-electron chi connectivity index (χ3n) is 2.74. The Morgan fingerprint density at radius 3 is 1.23 bits per heavy atom. The van der Waals surface area contributed by atoms with E-state index < -0.39 is 0 Å². The molecule has 1 aliphatic rings. The van der Waals surface area contributed by atoms with Crippen molar-refractivity contribution in [2.75, 3.05) is 0 Å². The molecule has 0 aromatic heterocycles. The van der Waals surface area contributed by atoms with Gasteiger partial charge in [-0.1, -0.05) is 6.42 Å². The molecule has 0 radical (unpaired) electrons. The first-order valence-corrected chi connectivity index (χ1v) is 6.77. The lowest BCUT2D eigenvalue weighted by molar-refractivity contribution is 0.529. The maximum Gasteiger partial charge on any atom is 0.00176 e. The molecule has 0 spiro atoms. The van der Waals surface area contributed by atoms with Gasteiger partial charge in [0.15, 0.2) is 0 Å². The van der Waals surface area contributed by atoms with Gasteiger partial charge in [-0.15, -0.1) is 0 Å². The molecule has 2 atom stereocenters. The average molecular weight is 236 g/mol. The number of thiol groups is 3. The van der Waals surface area contributed by atoms with E-state index >= 15 is 0 Å². The summed E-state index contributed by atoms with van der Waals surface area (Å²) in [7, 11) is 0. The van der Waals surface area contributed by atoms with Crippen molar-refractivity contribution < 1.29 is 0 Å². The SMILES string of the molecule is SC1CCCC(S)CCC(S)CC1. The summed E-state index contributed by atoms with van der Waals surface area (Å²) in [5, 5.41) is 1.75. The molecule has 2 unspecified atom stereocenters. The molecule has 0 amide bonds. The van der Waals surface area contributed by atoms with E-state index in [2.05, 4.69) is 37.9 Å². The van der Waals surface area contributed by atoms with Gasteiger partial charge < -0.3 is 0 Å². The Hall–Kier alpha value is 1.05. The number of hydrogen-bond acceptors (Lipinski definition) is 3. The largest absolute Gasteiger partial charge is 0.176 e. The number of rotatable bonds is 0. The fraction of sp³-hybridized carbons (Fsp3) is 1.00. The Balaban J connectivity index is 2.32. The van der Waals surface area contributed by atoms with Crippen molar-refractivity contribution in [1.82, 2.24) is 0 Å². The summed E-state index contributed by atoms with van der Waals surface area (Å²) in [4.78, 5) is 0. The first kappa shape index (κ1) is 12.1. The summed E-state index contributed by atoms with van der Waals surface area (Å²) in [5.74, 6) is 0. The third kappa shape index (κ3) is 5.48. The van der Waals surface area contributed by atoms with Gasteiger partial charge in [0.25, 0.3) is 0 Å². The van der Waals surface area contributed by atoms with E-state index in [0.29, 0.717) is 15.7 Å². The van der Waals surface area contributed by atoms with Crippen LogP contribution in [0.3, 0.4) is 0 Å². The Morgan fingerprint density at radius 1 is 0.538 bits per heavy atom. The normalized spacial score (nSPS) is 38.5. The quantitative estimate of drug-likeness (QED) is 0.526. The van der Waals surface area contributed by atoms with Crippen LogP contribution in [-0.2, 0) is 0 Å². The minimum Gasteiger partial charge on any atom is -0.176 e. The van der Waals surface area contributed by atoms with Crippen molar-refractivity contribution in [2.45, 2.75) is 60.7 Å². The van der Waals surface area contributed by atoms with Crippen molar-refractivity contribution >= 4 is 37.9 Å². The van der Waals surface area contributed by atoms with E-state index in [9.17, 15) is 0 Å². The van der Waals surface area contributed by atoms with E-state index in [4.69, 9.17) is 0 Å². The van der Waals surface area contributed by atoms with Crippen LogP contribution in [0.4, 0.5) is 0 Å². The van der Waals surface area contributed by atoms with Crippen LogP contribution in [0.5, 0.6) is 0 Å². The van der Waals surface area contributed by atoms with E-state index in [-0.39, 0.29) is 0 Å². The van der Waals surface area contributed by atoms with Gasteiger partial charge in [-0.25, -0.2) is 0 Å². The molecule has 0 bridgehead atoms. The Labute approximate surface area is 98.5 Å². The van der Waals surface area contributed by atoms with Gasteiger partial charge in [0.1, 0.15) is 0 Å². The highest BCUT2D eigenvalue weighted by Gasteiger charge is 2.13. The van der Waals surface area contributed by atoms with Crippen molar-refractivity contribution in [3.8, 4) is 0 Å². The molecule has 3 heteroatoms. The molecule has 0 aromatic rings. The second kappa shape index (κ2) is 6.52. The van der Waals surface area contributed by atoms with Crippen LogP contribution in [0.15, 0.2) is 0 Å². The van der Waals surface area contributed by atoms with Crippen molar-refractivity contribution in [2.24, 2.45) is 0 Å². The molecule has 0 heterocycles. The zero-order valence-electron chi connectivity index (χ0n) is 8.02. The van der Waals surface area contributed by atoms with Gasteiger partial charge in [0.05, 0.1) is 0 Å². The van der Waals surface area contributed by atoms with Gasteiger partial charge in [0.2, 0.25) is 0 Å². The second-order valence-corrected chi connectivity index (χ2v) is 6.24. The molecule has 0 aliphatic heterocycles. The van der Waals surface area contributed by atoms with Crippen molar-refractivity contribution in [1.29, 1.82) is 0 Å². The minimum atomic E-state index is 0.572. The van der Waals surface area contributed by atoms with Crippen LogP contribution < -0.4 is 0 Å². The first-order valence-electron chi connectivity index (χ1n) is 5.22. The standard InChI is InChI=1S/C10H20S3/c11-8-2-1-3-9(12)5-7-10(13)6-4-8/h8-13H,1-7H2. The van der Waals surface area contributed by atoms with Gasteiger partial charge in [0, 0.05) is 15.7 Å². The lowest BCUT2D eigenvalue weighted by atomic mass is 10.00. The first-order chi connectivity index (χ1) is 6.18. The topological polar surface area (TPSA) is 0 Å². The maximum atomic E-state index is 4.57. The summed E-state index contributed by atoms with van der Waals surface area (Å²) in [5.41, 5.74) is 0. The van der Waals surface area contributed by atoms with Crippen molar-refractivity contribution in [3.63, 3.8) is 0 Å². The maximum absolute atomic E-state index is 4.57. The monoisotopic (exact) mass is 236 g/mol. The summed E-state index contributed by atoms with van der Waals surface area (Å²) < 4.78 is 0. The molecule has 78 valence electrons. The zero-order chi connectivity index (χ0) is 9.68. The van der Waals surface area contributed by atoms with Gasteiger partial charge in [-0.05, 0) is 38.5 Å². The minimum absolute atomic E-state index is 0.572. The fourth-order valence-corrected chi connectivity index (χ4v) is 2.75. The van der Waals surface area contributed by atoms with E-state index in [0.717, 1.165) is 0 Å². The van der Waals surface area contributed by atoms with E-state index in [1.54, 1.807) is 0 Å². The molecule has 0 aromatic carbocycles. The van der Waals surface area contributed by atoms with E-state index in [1.807, 2.05) is 0 Å². The summed E-state index contributed by atoms with van der Waals surface area (Å²) in [6.45, 7) is 0. The second-order valence-electron chi connectivity index (χ2n) is 4.05. The summed E-state index contributed by atoms with van der Waals surface area (Å²) in [6.07, 6.45) is 8.69. The number of hydrogen-bond donors (Lipinski definition) is 3. The van der Waals surface area contributed by atoms with E-state index in [1.165, 1.54) is 44.9 Å². The highest BCUT2D eigenvalue weighted by atomic mass is 32.1. The van der Waals surface area contributed by atoms with Crippen LogP contribution in [0, 0.1) is 0 Å². The lowest BCUT2D eigenvalue weighted by Gasteiger charge is -2.19. The molecule has 1 aliphatic carbocycles. The fourth-order valence-electron chi connectivity index (χ4n) is 1.79. The summed E-state index contributed by atoms with van der Waals surface area (Å²) >= 11 is 13.7. The van der Waals surface area contributed by atoms with Crippen LogP contribution in [0.25, 0.3) is 0 Å². The van der Waals surface area contributed by atoms with Crippen molar-refractivity contribution in [3.05, 3.63) is 0 Å². The van der Waals surface area contributed by atoms with Gasteiger partial charge >= 0.3 is 0 Å². The van der Waals surface area contributed by atoms with Crippen LogP contribution >= 0.6 is 37.9 Å². The molecular weight excluding hydrogens is 216 g/mol. The molecular formula is C10H20S3. The average Bonchev–Trinajstić information content (AvgIpc) is 2.10. The molecule has 0 nitrogen and oxygen atoms in total. The van der Waals surface area contributed by atoms with Crippen LogP contribution in [0.2, 0.25) is 0 Å². The Morgan fingerprint density at radius 2 is 0.846 bits per heavy atom. The molecule has 0 N–H and O–H groups in total. The molecule has 1 fully saturated rings. The molecule has 0 saturated heterocycles. The highest BCUT2D eigenvalue weighted by Crippen LogP contribution is 2.24. The van der Waals surface area contributed by atoms with Crippen LogP contribution in [0.1, 0.15) is 44.9 Å². The predicted octanol–water partition coefficient (Wildman–Crippen LogP) is 3.63. The Kier molecular flexibility index (Phi) is 6.08. The predicted molar refractivity (Wildman–Crippen MR) is 70.6 cm³/mol. The van der Waals surface area contributed by atoms with Crippen LogP contribution in [-0.4, -0.2) is 15.7 Å². The molecule has 1 saturated carbocycles. The van der Waals surface area contributed by atoms with Gasteiger partial charge in [-0.2, -0.15) is 37.9 Å². The molecule has 1 rings (SSSR count). The lowest BCUT2D eigenvalue weighted by Crippen LogP contribution is -2.11. The third-order valence-corrected chi connectivity index (χ3v) is 4.29. The molecule has 13 heavy (non-hydrogen) atoms. The highest BCUT2D eigenvalue weighted by molar-refractivity contribution is 7.81. The smallest absolute Gasteiger partial charge is 0.00176 e. The summed E-state index contributed by atoms with van der Waals surface area (Å²) in [6, 6.07) is 0.